The van der Waals surface area contributed by atoms with E-state index in [0.717, 1.165) is 11.1 Å². The van der Waals surface area contributed by atoms with Crippen LogP contribution in [0.25, 0.3) is 0 Å². The van der Waals surface area contributed by atoms with Gasteiger partial charge in [0.1, 0.15) is 0 Å². The highest BCUT2D eigenvalue weighted by atomic mass is 16.6. The smallest absolute Gasteiger partial charge is 0.408 e. The summed E-state index contributed by atoms with van der Waals surface area (Å²) < 4.78 is 5.24. The number of rotatable bonds is 4. The number of cyclic esters (lactones) is 1. The van der Waals surface area contributed by atoms with Crippen molar-refractivity contribution in [3.8, 4) is 0 Å². The molecule has 1 aliphatic heterocycles. The molecule has 3 rings (SSSR count). The lowest BCUT2D eigenvalue weighted by molar-refractivity contribution is -0.124. The quantitative estimate of drug-likeness (QED) is 0.911. The van der Waals surface area contributed by atoms with Crippen molar-refractivity contribution in [1.29, 1.82) is 0 Å². The van der Waals surface area contributed by atoms with E-state index in [1.165, 1.54) is 5.56 Å². The third-order valence-corrected chi connectivity index (χ3v) is 3.81. The lowest BCUT2D eigenvalue weighted by Crippen LogP contribution is -2.43. The van der Waals surface area contributed by atoms with Gasteiger partial charge < -0.3 is 15.4 Å². The fourth-order valence-electron chi connectivity index (χ4n) is 2.53. The molecule has 5 heteroatoms. The predicted octanol–water partition coefficient (Wildman–Crippen LogP) is 2.46. The van der Waals surface area contributed by atoms with Crippen LogP contribution in [0, 0.1) is 6.92 Å². The van der Waals surface area contributed by atoms with E-state index in [9.17, 15) is 9.59 Å². The number of aryl methyl sites for hydroxylation is 1. The maximum atomic E-state index is 12.4. The minimum absolute atomic E-state index is 0.259. The lowest BCUT2D eigenvalue weighted by Gasteiger charge is -2.17. The Labute approximate surface area is 134 Å². The highest BCUT2D eigenvalue weighted by Gasteiger charge is 2.39. The fraction of sp³-hybridized carbons (Fsp3) is 0.222. The number of nitrogens with one attached hydrogen (secondary N) is 2. The summed E-state index contributed by atoms with van der Waals surface area (Å²) in [7, 11) is 0. The second kappa shape index (κ2) is 6.52. The molecule has 0 aromatic heterocycles. The lowest BCUT2D eigenvalue weighted by atomic mass is 10.0. The topological polar surface area (TPSA) is 67.4 Å². The molecule has 118 valence electrons. The Morgan fingerprint density at radius 2 is 1.83 bits per heavy atom. The molecule has 0 bridgehead atoms. The molecule has 2 aromatic carbocycles. The highest BCUT2D eigenvalue weighted by molar-refractivity contribution is 5.88. The van der Waals surface area contributed by atoms with Crippen LogP contribution in [0.4, 0.5) is 4.79 Å². The van der Waals surface area contributed by atoms with E-state index in [-0.39, 0.29) is 5.91 Å². The summed E-state index contributed by atoms with van der Waals surface area (Å²) in [6, 6.07) is 16.4. The molecule has 1 aliphatic rings. The van der Waals surface area contributed by atoms with Gasteiger partial charge in [0.2, 0.25) is 5.91 Å². The number of carbonyl (C=O) groups is 2. The second-order valence-electron chi connectivity index (χ2n) is 5.56. The van der Waals surface area contributed by atoms with Crippen LogP contribution in [-0.4, -0.2) is 18.0 Å². The summed E-state index contributed by atoms with van der Waals surface area (Å²) in [6.45, 7) is 2.42. The van der Waals surface area contributed by atoms with Crippen LogP contribution in [-0.2, 0) is 16.1 Å². The minimum Gasteiger partial charge on any atom is -0.439 e. The molecule has 0 radical (unpaired) electrons. The van der Waals surface area contributed by atoms with Crippen molar-refractivity contribution >= 4 is 12.0 Å². The van der Waals surface area contributed by atoms with Gasteiger partial charge in [-0.1, -0.05) is 60.2 Å². The third kappa shape index (κ3) is 3.51. The van der Waals surface area contributed by atoms with E-state index in [2.05, 4.69) is 10.6 Å². The molecule has 5 nitrogen and oxygen atoms in total. The zero-order valence-corrected chi connectivity index (χ0v) is 12.8. The zero-order chi connectivity index (χ0) is 16.2. The fourth-order valence-corrected chi connectivity index (χ4v) is 2.53. The molecular formula is C18H18N2O3. The molecule has 0 spiro atoms. The largest absolute Gasteiger partial charge is 0.439 e. The first-order chi connectivity index (χ1) is 11.1. The van der Waals surface area contributed by atoms with Crippen LogP contribution in [0.2, 0.25) is 0 Å². The summed E-state index contributed by atoms with van der Waals surface area (Å²) in [4.78, 5) is 23.9. The van der Waals surface area contributed by atoms with Crippen LogP contribution in [0.1, 0.15) is 22.8 Å². The zero-order valence-electron chi connectivity index (χ0n) is 12.8. The molecule has 2 amide bonds. The number of carbonyl (C=O) groups excluding carboxylic acids is 2. The Morgan fingerprint density at radius 1 is 1.13 bits per heavy atom. The monoisotopic (exact) mass is 310 g/mol. The van der Waals surface area contributed by atoms with Gasteiger partial charge in [0.15, 0.2) is 12.1 Å². The number of ether oxygens (including phenoxy) is 1. The van der Waals surface area contributed by atoms with E-state index in [0.29, 0.717) is 6.54 Å². The van der Waals surface area contributed by atoms with Gasteiger partial charge in [-0.15, -0.1) is 0 Å². The molecule has 0 aliphatic carbocycles. The average molecular weight is 310 g/mol. The number of benzene rings is 2. The summed E-state index contributed by atoms with van der Waals surface area (Å²) in [6.07, 6.45) is -1.18. The standard InChI is InChI=1S/C18H18N2O3/c1-12-7-9-13(10-8-12)11-19-17(21)15-16(23-18(22)20-15)14-5-3-2-4-6-14/h2-10,15-16H,11H2,1H3,(H,19,21)(H,20,22). The number of alkyl carbamates (subject to hydrolysis) is 1. The first-order valence-corrected chi connectivity index (χ1v) is 7.49. The molecule has 23 heavy (non-hydrogen) atoms. The Bertz CT molecular complexity index is 698. The Hall–Kier alpha value is -2.82. The van der Waals surface area contributed by atoms with Gasteiger partial charge in [-0.25, -0.2) is 4.79 Å². The van der Waals surface area contributed by atoms with Gasteiger partial charge >= 0.3 is 6.09 Å². The van der Waals surface area contributed by atoms with Crippen LogP contribution in [0.15, 0.2) is 54.6 Å². The van der Waals surface area contributed by atoms with E-state index in [4.69, 9.17) is 4.74 Å². The molecule has 2 aromatic rings. The molecular weight excluding hydrogens is 292 g/mol. The van der Waals surface area contributed by atoms with Gasteiger partial charge in [0.25, 0.3) is 0 Å². The molecule has 2 N–H and O–H groups in total. The first-order valence-electron chi connectivity index (χ1n) is 7.49. The number of hydrogen-bond acceptors (Lipinski definition) is 3. The molecule has 1 heterocycles. The maximum absolute atomic E-state index is 12.4. The van der Waals surface area contributed by atoms with Crippen molar-refractivity contribution in [3.05, 3.63) is 71.3 Å². The van der Waals surface area contributed by atoms with Gasteiger partial charge in [0.05, 0.1) is 0 Å². The summed E-state index contributed by atoms with van der Waals surface area (Å²) in [5.41, 5.74) is 2.97. The van der Waals surface area contributed by atoms with E-state index in [1.54, 1.807) is 0 Å². The summed E-state index contributed by atoms with van der Waals surface area (Å²) in [5.74, 6) is -0.259. The maximum Gasteiger partial charge on any atom is 0.408 e. The van der Waals surface area contributed by atoms with Crippen LogP contribution in [0.5, 0.6) is 0 Å². The molecule has 0 saturated carbocycles. The van der Waals surface area contributed by atoms with Crippen molar-refractivity contribution in [3.63, 3.8) is 0 Å². The van der Waals surface area contributed by atoms with Crippen molar-refractivity contribution in [2.45, 2.75) is 25.6 Å². The number of hydrogen-bond donors (Lipinski definition) is 2. The van der Waals surface area contributed by atoms with E-state index >= 15 is 0 Å². The van der Waals surface area contributed by atoms with Gasteiger partial charge in [-0.05, 0) is 18.1 Å². The Morgan fingerprint density at radius 3 is 2.52 bits per heavy atom. The van der Waals surface area contributed by atoms with E-state index < -0.39 is 18.2 Å². The normalized spacial score (nSPS) is 19.8. The molecule has 1 saturated heterocycles. The van der Waals surface area contributed by atoms with E-state index in [1.807, 2.05) is 61.5 Å². The molecule has 1 fully saturated rings. The van der Waals surface area contributed by atoms with Crippen molar-refractivity contribution in [2.75, 3.05) is 0 Å². The SMILES string of the molecule is Cc1ccc(CNC(=O)C2NC(=O)OC2c2ccccc2)cc1. The average Bonchev–Trinajstić information content (AvgIpc) is 2.97. The van der Waals surface area contributed by atoms with Crippen molar-refractivity contribution < 1.29 is 14.3 Å². The minimum atomic E-state index is -0.727. The Kier molecular flexibility index (Phi) is 4.28. The summed E-state index contributed by atoms with van der Waals surface area (Å²) in [5, 5.41) is 5.42. The van der Waals surface area contributed by atoms with Crippen molar-refractivity contribution in [1.82, 2.24) is 10.6 Å². The third-order valence-electron chi connectivity index (χ3n) is 3.81. The van der Waals surface area contributed by atoms with Crippen molar-refractivity contribution in [2.24, 2.45) is 0 Å². The second-order valence-corrected chi connectivity index (χ2v) is 5.56. The van der Waals surface area contributed by atoms with Crippen LogP contribution in [0.3, 0.4) is 0 Å². The predicted molar refractivity (Wildman–Crippen MR) is 85.6 cm³/mol. The van der Waals surface area contributed by atoms with Crippen LogP contribution >= 0.6 is 0 Å². The summed E-state index contributed by atoms with van der Waals surface area (Å²) >= 11 is 0. The van der Waals surface area contributed by atoms with Gasteiger partial charge in [-0.2, -0.15) is 0 Å². The number of amides is 2. The van der Waals surface area contributed by atoms with Crippen LogP contribution < -0.4 is 10.6 Å². The molecule has 2 unspecified atom stereocenters. The molecule has 2 atom stereocenters. The Balaban J connectivity index is 1.67. The van der Waals surface area contributed by atoms with Gasteiger partial charge in [0, 0.05) is 6.54 Å². The first kappa shape index (κ1) is 15.1. The van der Waals surface area contributed by atoms with Gasteiger partial charge in [-0.3, -0.25) is 4.79 Å². The highest BCUT2D eigenvalue weighted by Crippen LogP contribution is 2.26.